The van der Waals surface area contributed by atoms with Gasteiger partial charge in [0.15, 0.2) is 23.1 Å². The number of oxazole rings is 1. The maximum Gasteiger partial charge on any atom is 0.227 e. The van der Waals surface area contributed by atoms with Crippen LogP contribution in [0.3, 0.4) is 0 Å². The largest absolute Gasteiger partial charge is 0.456 e. The lowest BCUT2D eigenvalue weighted by Gasteiger charge is -2.15. The minimum absolute atomic E-state index is 0.522. The first-order valence-electron chi connectivity index (χ1n) is 17.5. The molecular formula is C46H27N5O2. The van der Waals surface area contributed by atoms with Gasteiger partial charge >= 0.3 is 0 Å². The van der Waals surface area contributed by atoms with E-state index in [4.69, 9.17) is 28.8 Å². The Morgan fingerprint density at radius 2 is 0.981 bits per heavy atom. The first-order chi connectivity index (χ1) is 26.2. The van der Waals surface area contributed by atoms with Crippen molar-refractivity contribution in [3.63, 3.8) is 0 Å². The van der Waals surface area contributed by atoms with Gasteiger partial charge in [0.25, 0.3) is 0 Å². The lowest BCUT2D eigenvalue weighted by molar-refractivity contribution is 0.620. The number of hydrogen-bond acceptors (Lipinski definition) is 6. The Hall–Kier alpha value is -7.38. The molecule has 7 aromatic carbocycles. The number of para-hydroxylation sites is 5. The summed E-state index contributed by atoms with van der Waals surface area (Å²) in [7, 11) is 0. The fraction of sp³-hybridized carbons (Fsp3) is 0. The summed E-state index contributed by atoms with van der Waals surface area (Å²) in [5.74, 6) is 2.15. The van der Waals surface area contributed by atoms with Gasteiger partial charge in [0, 0.05) is 43.8 Å². The molecule has 7 heteroatoms. The first kappa shape index (κ1) is 29.4. The summed E-state index contributed by atoms with van der Waals surface area (Å²) in [6.07, 6.45) is 0. The van der Waals surface area contributed by atoms with E-state index >= 15 is 0 Å². The van der Waals surface area contributed by atoms with E-state index in [0.717, 1.165) is 82.8 Å². The van der Waals surface area contributed by atoms with E-state index in [-0.39, 0.29) is 0 Å². The molecule has 0 aliphatic heterocycles. The molecule has 11 aromatic rings. The van der Waals surface area contributed by atoms with Crippen LogP contribution in [0, 0.1) is 0 Å². The number of nitrogens with zero attached hydrogens (tertiary/aromatic N) is 5. The Morgan fingerprint density at radius 1 is 0.377 bits per heavy atom. The lowest BCUT2D eigenvalue weighted by atomic mass is 10.1. The number of benzene rings is 7. The molecule has 0 spiro atoms. The predicted molar refractivity (Wildman–Crippen MR) is 211 cm³/mol. The number of furan rings is 1. The maximum absolute atomic E-state index is 6.29. The predicted octanol–water partition coefficient (Wildman–Crippen LogP) is 11.7. The van der Waals surface area contributed by atoms with Crippen molar-refractivity contribution in [3.05, 3.63) is 164 Å². The Bertz CT molecular complexity index is 3110. The molecule has 248 valence electrons. The van der Waals surface area contributed by atoms with Gasteiger partial charge in [0.1, 0.15) is 16.7 Å². The smallest absolute Gasteiger partial charge is 0.227 e. The fourth-order valence-electron chi connectivity index (χ4n) is 7.43. The van der Waals surface area contributed by atoms with Crippen LogP contribution in [0.1, 0.15) is 0 Å². The van der Waals surface area contributed by atoms with E-state index in [1.807, 2.05) is 78.9 Å². The van der Waals surface area contributed by atoms with Gasteiger partial charge in [-0.2, -0.15) is 0 Å². The molecule has 0 radical (unpaired) electrons. The van der Waals surface area contributed by atoms with Crippen molar-refractivity contribution >= 4 is 54.8 Å². The molecule has 0 unspecified atom stereocenters. The van der Waals surface area contributed by atoms with Crippen LogP contribution in [0.5, 0.6) is 0 Å². The van der Waals surface area contributed by atoms with Crippen LogP contribution in [0.25, 0.3) is 106 Å². The molecule has 7 nitrogen and oxygen atoms in total. The molecule has 0 aliphatic carbocycles. The van der Waals surface area contributed by atoms with Crippen molar-refractivity contribution in [1.29, 1.82) is 0 Å². The Balaban J connectivity index is 1.20. The van der Waals surface area contributed by atoms with Gasteiger partial charge in [0.05, 0.1) is 16.7 Å². The van der Waals surface area contributed by atoms with Crippen LogP contribution in [-0.2, 0) is 0 Å². The summed E-state index contributed by atoms with van der Waals surface area (Å²) in [5, 5.41) is 4.44. The second-order valence-corrected chi connectivity index (χ2v) is 13.1. The third-order valence-electron chi connectivity index (χ3n) is 9.90. The van der Waals surface area contributed by atoms with Gasteiger partial charge in [-0.1, -0.05) is 103 Å². The second-order valence-electron chi connectivity index (χ2n) is 13.1. The van der Waals surface area contributed by atoms with Gasteiger partial charge in [-0.15, -0.1) is 0 Å². The minimum atomic E-state index is 0.522. The molecule has 0 amide bonds. The van der Waals surface area contributed by atoms with Gasteiger partial charge in [-0.05, 0) is 60.7 Å². The highest BCUT2D eigenvalue weighted by Gasteiger charge is 2.22. The van der Waals surface area contributed by atoms with Gasteiger partial charge in [-0.3, -0.25) is 0 Å². The van der Waals surface area contributed by atoms with Crippen molar-refractivity contribution in [1.82, 2.24) is 24.5 Å². The van der Waals surface area contributed by atoms with Crippen LogP contribution >= 0.6 is 0 Å². The average Bonchev–Trinajstić information content (AvgIpc) is 3.92. The van der Waals surface area contributed by atoms with E-state index in [1.165, 1.54) is 0 Å². The summed E-state index contributed by atoms with van der Waals surface area (Å²) < 4.78 is 14.9. The van der Waals surface area contributed by atoms with Crippen LogP contribution in [0.4, 0.5) is 0 Å². The summed E-state index contributed by atoms with van der Waals surface area (Å²) in [6.45, 7) is 0. The molecule has 0 saturated carbocycles. The summed E-state index contributed by atoms with van der Waals surface area (Å²) in [6, 6.07) is 55.3. The number of aromatic nitrogens is 5. The van der Waals surface area contributed by atoms with E-state index in [9.17, 15) is 0 Å². The topological polar surface area (TPSA) is 82.8 Å². The highest BCUT2D eigenvalue weighted by Crippen LogP contribution is 2.39. The maximum atomic E-state index is 6.29. The molecule has 4 aromatic heterocycles. The van der Waals surface area contributed by atoms with Crippen LogP contribution in [0.2, 0.25) is 0 Å². The van der Waals surface area contributed by atoms with E-state index < -0.39 is 0 Å². The highest BCUT2D eigenvalue weighted by molar-refractivity contribution is 6.10. The lowest BCUT2D eigenvalue weighted by Crippen LogP contribution is -2.04. The Kier molecular flexibility index (Phi) is 6.42. The zero-order chi connectivity index (χ0) is 34.9. The molecule has 0 bridgehead atoms. The van der Waals surface area contributed by atoms with Crippen LogP contribution < -0.4 is 0 Å². The molecule has 0 N–H and O–H groups in total. The van der Waals surface area contributed by atoms with Crippen molar-refractivity contribution < 1.29 is 8.83 Å². The zero-order valence-corrected chi connectivity index (χ0v) is 28.1. The van der Waals surface area contributed by atoms with Crippen LogP contribution in [-0.4, -0.2) is 24.5 Å². The van der Waals surface area contributed by atoms with Crippen molar-refractivity contribution in [2.75, 3.05) is 0 Å². The van der Waals surface area contributed by atoms with Gasteiger partial charge in [0.2, 0.25) is 5.89 Å². The summed E-state index contributed by atoms with van der Waals surface area (Å²) >= 11 is 0. The minimum Gasteiger partial charge on any atom is -0.456 e. The van der Waals surface area contributed by atoms with E-state index in [0.29, 0.717) is 23.4 Å². The SMILES string of the molecule is c1ccc(-c2nc(-c3ccc4c(c3)oc3ccccc34)nc(-c3cc(-c4nc5ccccc5o4)ccc3-n3c4ccccc4c4ccccc43)n2)cc1. The quantitative estimate of drug-likeness (QED) is 0.180. The standard InChI is InChI=1S/C46H27N5O2/c1-2-12-28(13-3-1)43-48-44(29-22-24-34-33-16-6-10-20-40(33)52-42(34)27-29)50-45(49-43)35-26-30(46-47-36-17-7-11-21-41(36)53-46)23-25-39(35)51-37-18-8-4-14-31(37)32-15-5-9-19-38(32)51/h1-27H. The molecule has 0 atom stereocenters. The molecule has 0 fully saturated rings. The Labute approximate surface area is 302 Å². The van der Waals surface area contributed by atoms with Gasteiger partial charge in [-0.25, -0.2) is 19.9 Å². The molecular weight excluding hydrogens is 655 g/mol. The monoisotopic (exact) mass is 681 g/mol. The highest BCUT2D eigenvalue weighted by atomic mass is 16.3. The van der Waals surface area contributed by atoms with Crippen molar-refractivity contribution in [2.24, 2.45) is 0 Å². The van der Waals surface area contributed by atoms with E-state index in [1.54, 1.807) is 0 Å². The second kappa shape index (κ2) is 11.6. The molecule has 53 heavy (non-hydrogen) atoms. The molecule has 4 heterocycles. The summed E-state index contributed by atoms with van der Waals surface area (Å²) in [5.41, 5.74) is 9.55. The number of hydrogen-bond donors (Lipinski definition) is 0. The van der Waals surface area contributed by atoms with E-state index in [2.05, 4.69) is 89.5 Å². The fourth-order valence-corrected chi connectivity index (χ4v) is 7.43. The van der Waals surface area contributed by atoms with Gasteiger partial charge < -0.3 is 13.4 Å². The average molecular weight is 682 g/mol. The third kappa shape index (κ3) is 4.75. The third-order valence-corrected chi connectivity index (χ3v) is 9.90. The molecule has 0 aliphatic rings. The normalized spacial score (nSPS) is 11.8. The van der Waals surface area contributed by atoms with Crippen molar-refractivity contribution in [3.8, 4) is 51.3 Å². The number of rotatable bonds is 5. The molecule has 0 saturated heterocycles. The summed E-state index contributed by atoms with van der Waals surface area (Å²) in [4.78, 5) is 20.3. The number of fused-ring (bicyclic) bond motifs is 7. The van der Waals surface area contributed by atoms with Crippen LogP contribution in [0.15, 0.2) is 173 Å². The van der Waals surface area contributed by atoms with Crippen molar-refractivity contribution in [2.45, 2.75) is 0 Å². The Morgan fingerprint density at radius 3 is 1.75 bits per heavy atom. The molecule has 11 rings (SSSR count). The zero-order valence-electron chi connectivity index (χ0n) is 28.1. The first-order valence-corrected chi connectivity index (χ1v) is 17.5.